The number of nitrogen functional groups attached to an aromatic ring is 1. The molecule has 1 aromatic carbocycles. The third-order valence-corrected chi connectivity index (χ3v) is 6.87. The van der Waals surface area contributed by atoms with E-state index in [1.807, 2.05) is 0 Å². The summed E-state index contributed by atoms with van der Waals surface area (Å²) in [4.78, 5) is 0.172. The summed E-state index contributed by atoms with van der Waals surface area (Å²) in [6.07, 6.45) is 4.30. The summed E-state index contributed by atoms with van der Waals surface area (Å²) >= 11 is 0. The maximum absolute atomic E-state index is 12.8. The molecule has 3 N–H and O–H groups in total. The standard InChI is InChI=1S/C15H22N2O3S/c16-13-6-1-2-7-14(13)21(19,20)17-10-9-15(18)8-4-3-5-12(15)11-17/h1-2,6-7,12,18H,3-5,8-11,16H2. The Hall–Kier alpha value is -1.11. The maximum Gasteiger partial charge on any atom is 0.245 e. The van der Waals surface area contributed by atoms with Gasteiger partial charge in [0, 0.05) is 19.0 Å². The molecule has 2 aliphatic rings. The average molecular weight is 310 g/mol. The van der Waals surface area contributed by atoms with Crippen LogP contribution in [0.2, 0.25) is 0 Å². The summed E-state index contributed by atoms with van der Waals surface area (Å²) < 4.78 is 27.0. The van der Waals surface area contributed by atoms with Gasteiger partial charge in [0.25, 0.3) is 0 Å². The quantitative estimate of drug-likeness (QED) is 0.812. The van der Waals surface area contributed by atoms with Gasteiger partial charge in [0.05, 0.1) is 11.3 Å². The smallest absolute Gasteiger partial charge is 0.245 e. The van der Waals surface area contributed by atoms with Gasteiger partial charge in [-0.2, -0.15) is 4.31 Å². The summed E-state index contributed by atoms with van der Waals surface area (Å²) in [6, 6.07) is 6.56. The maximum atomic E-state index is 12.8. The topological polar surface area (TPSA) is 83.6 Å². The van der Waals surface area contributed by atoms with Crippen molar-refractivity contribution in [2.24, 2.45) is 5.92 Å². The van der Waals surface area contributed by atoms with Gasteiger partial charge in [-0.05, 0) is 31.4 Å². The minimum Gasteiger partial charge on any atom is -0.398 e. The fourth-order valence-electron chi connectivity index (χ4n) is 3.61. The highest BCUT2D eigenvalue weighted by atomic mass is 32.2. The number of piperidine rings is 1. The average Bonchev–Trinajstić information content (AvgIpc) is 2.46. The van der Waals surface area contributed by atoms with Crippen molar-refractivity contribution in [3.63, 3.8) is 0 Å². The van der Waals surface area contributed by atoms with E-state index >= 15 is 0 Å². The molecule has 0 bridgehead atoms. The molecule has 1 aromatic rings. The second kappa shape index (κ2) is 5.26. The Morgan fingerprint density at radius 1 is 1.24 bits per heavy atom. The highest BCUT2D eigenvalue weighted by Crippen LogP contribution is 2.41. The van der Waals surface area contributed by atoms with E-state index in [0.717, 1.165) is 25.7 Å². The Bertz CT molecular complexity index is 632. The number of aliphatic hydroxyl groups is 1. The van der Waals surface area contributed by atoms with Crippen LogP contribution in [0, 0.1) is 5.92 Å². The van der Waals surface area contributed by atoms with Crippen molar-refractivity contribution in [3.05, 3.63) is 24.3 Å². The molecule has 2 unspecified atom stereocenters. The van der Waals surface area contributed by atoms with Gasteiger partial charge in [-0.15, -0.1) is 0 Å². The van der Waals surface area contributed by atoms with Crippen molar-refractivity contribution in [2.75, 3.05) is 18.8 Å². The van der Waals surface area contributed by atoms with Crippen LogP contribution in [0.4, 0.5) is 5.69 Å². The first-order valence-corrected chi connectivity index (χ1v) is 8.94. The van der Waals surface area contributed by atoms with Crippen molar-refractivity contribution in [1.29, 1.82) is 0 Å². The van der Waals surface area contributed by atoms with Gasteiger partial charge in [0.1, 0.15) is 4.90 Å². The monoisotopic (exact) mass is 310 g/mol. The number of benzene rings is 1. The zero-order chi connectivity index (χ0) is 15.1. The number of para-hydroxylation sites is 1. The largest absolute Gasteiger partial charge is 0.398 e. The summed E-state index contributed by atoms with van der Waals surface area (Å²) in [6.45, 7) is 0.761. The summed E-state index contributed by atoms with van der Waals surface area (Å²) in [5, 5.41) is 10.7. The van der Waals surface area contributed by atoms with E-state index in [0.29, 0.717) is 19.5 Å². The highest BCUT2D eigenvalue weighted by molar-refractivity contribution is 7.89. The first-order valence-electron chi connectivity index (χ1n) is 7.50. The lowest BCUT2D eigenvalue weighted by atomic mass is 9.72. The Morgan fingerprint density at radius 2 is 2.00 bits per heavy atom. The molecular weight excluding hydrogens is 288 g/mol. The molecule has 5 nitrogen and oxygen atoms in total. The van der Waals surface area contributed by atoms with Gasteiger partial charge in [-0.1, -0.05) is 25.0 Å². The number of anilines is 1. The van der Waals surface area contributed by atoms with Crippen LogP contribution in [0.3, 0.4) is 0 Å². The Morgan fingerprint density at radius 3 is 2.76 bits per heavy atom. The number of nitrogens with two attached hydrogens (primary N) is 1. The van der Waals surface area contributed by atoms with E-state index in [4.69, 9.17) is 5.73 Å². The molecule has 21 heavy (non-hydrogen) atoms. The number of fused-ring (bicyclic) bond motifs is 1. The number of hydrogen-bond acceptors (Lipinski definition) is 4. The Kier molecular flexibility index (Phi) is 3.71. The summed E-state index contributed by atoms with van der Waals surface area (Å²) in [5.41, 5.74) is 5.42. The zero-order valence-corrected chi connectivity index (χ0v) is 12.8. The molecule has 1 saturated heterocycles. The van der Waals surface area contributed by atoms with Crippen LogP contribution in [0.5, 0.6) is 0 Å². The molecule has 6 heteroatoms. The van der Waals surface area contributed by atoms with Crippen molar-refractivity contribution >= 4 is 15.7 Å². The number of hydrogen-bond donors (Lipinski definition) is 2. The lowest BCUT2D eigenvalue weighted by molar-refractivity contribution is -0.0816. The highest BCUT2D eigenvalue weighted by Gasteiger charge is 2.45. The Labute approximate surface area is 125 Å². The van der Waals surface area contributed by atoms with Crippen LogP contribution >= 0.6 is 0 Å². The van der Waals surface area contributed by atoms with Gasteiger partial charge in [0.15, 0.2) is 0 Å². The van der Waals surface area contributed by atoms with E-state index in [9.17, 15) is 13.5 Å². The molecule has 1 heterocycles. The van der Waals surface area contributed by atoms with Crippen LogP contribution in [0.15, 0.2) is 29.2 Å². The van der Waals surface area contributed by atoms with E-state index < -0.39 is 15.6 Å². The van der Waals surface area contributed by atoms with Crippen molar-refractivity contribution in [2.45, 2.75) is 42.6 Å². The lowest BCUT2D eigenvalue weighted by Gasteiger charge is -2.46. The first-order chi connectivity index (χ1) is 9.93. The number of sulfonamides is 1. The van der Waals surface area contributed by atoms with Gasteiger partial charge in [0.2, 0.25) is 10.0 Å². The number of nitrogens with zero attached hydrogens (tertiary/aromatic N) is 1. The molecule has 1 saturated carbocycles. The van der Waals surface area contributed by atoms with Crippen LogP contribution in [-0.2, 0) is 10.0 Å². The number of rotatable bonds is 2. The van der Waals surface area contributed by atoms with Crippen LogP contribution < -0.4 is 5.73 Å². The van der Waals surface area contributed by atoms with Gasteiger partial charge in [-0.25, -0.2) is 8.42 Å². The lowest BCUT2D eigenvalue weighted by Crippen LogP contribution is -2.54. The van der Waals surface area contributed by atoms with Crippen LogP contribution in [-0.4, -0.2) is 36.5 Å². The molecule has 0 spiro atoms. The third-order valence-electron chi connectivity index (χ3n) is 4.93. The van der Waals surface area contributed by atoms with Crippen LogP contribution in [0.25, 0.3) is 0 Å². The molecular formula is C15H22N2O3S. The summed E-state index contributed by atoms with van der Waals surface area (Å²) in [7, 11) is -3.57. The second-order valence-corrected chi connectivity index (χ2v) is 8.10. The fraction of sp³-hybridized carbons (Fsp3) is 0.600. The summed E-state index contributed by atoms with van der Waals surface area (Å²) in [5.74, 6) is 0.0414. The first kappa shape index (κ1) is 14.8. The predicted octanol–water partition coefficient (Wildman–Crippen LogP) is 1.58. The molecule has 0 aromatic heterocycles. The zero-order valence-electron chi connectivity index (χ0n) is 12.0. The van der Waals surface area contributed by atoms with Gasteiger partial charge < -0.3 is 10.8 Å². The normalized spacial score (nSPS) is 30.8. The second-order valence-electron chi connectivity index (χ2n) is 6.20. The molecule has 0 radical (unpaired) electrons. The molecule has 3 rings (SSSR count). The molecule has 1 aliphatic heterocycles. The molecule has 116 valence electrons. The van der Waals surface area contributed by atoms with E-state index in [-0.39, 0.29) is 16.5 Å². The van der Waals surface area contributed by atoms with Crippen LogP contribution in [0.1, 0.15) is 32.1 Å². The molecule has 1 aliphatic carbocycles. The van der Waals surface area contributed by atoms with E-state index in [2.05, 4.69) is 0 Å². The predicted molar refractivity (Wildman–Crippen MR) is 81.1 cm³/mol. The minimum absolute atomic E-state index is 0.0414. The SMILES string of the molecule is Nc1ccccc1S(=O)(=O)N1CCC2(O)CCCCC2C1. The van der Waals surface area contributed by atoms with E-state index in [1.54, 1.807) is 24.3 Å². The molecule has 0 amide bonds. The van der Waals surface area contributed by atoms with Crippen molar-refractivity contribution < 1.29 is 13.5 Å². The fourth-order valence-corrected chi connectivity index (χ4v) is 5.22. The van der Waals surface area contributed by atoms with Crippen molar-refractivity contribution in [1.82, 2.24) is 4.31 Å². The van der Waals surface area contributed by atoms with Gasteiger partial charge >= 0.3 is 0 Å². The van der Waals surface area contributed by atoms with Gasteiger partial charge in [-0.3, -0.25) is 0 Å². The van der Waals surface area contributed by atoms with Crippen molar-refractivity contribution in [3.8, 4) is 0 Å². The molecule has 2 atom stereocenters. The molecule has 2 fully saturated rings. The minimum atomic E-state index is -3.57. The third kappa shape index (κ3) is 2.56. The Balaban J connectivity index is 1.86. The van der Waals surface area contributed by atoms with E-state index in [1.165, 1.54) is 4.31 Å².